The number of anilines is 1. The molecule has 0 fully saturated rings. The van der Waals surface area contributed by atoms with E-state index in [9.17, 15) is 4.79 Å². The van der Waals surface area contributed by atoms with Gasteiger partial charge in [-0.2, -0.15) is 0 Å². The van der Waals surface area contributed by atoms with Gasteiger partial charge in [-0.25, -0.2) is 9.97 Å². The molecule has 0 saturated carbocycles. The Balaban J connectivity index is 1.98. The molecule has 82 valence electrons. The molecule has 5 nitrogen and oxygen atoms in total. The number of oxazole rings is 1. The van der Waals surface area contributed by atoms with E-state index in [1.807, 2.05) is 6.07 Å². The Hall–Kier alpha value is -2.17. The molecule has 2 rings (SSSR count). The smallest absolute Gasteiger partial charge is 0.233 e. The van der Waals surface area contributed by atoms with E-state index in [1.54, 1.807) is 25.3 Å². The van der Waals surface area contributed by atoms with Crippen LogP contribution in [0.5, 0.6) is 0 Å². The SMILES string of the molecule is Cc1ncoc1CC(=O)Nc1ccccn1. The average Bonchev–Trinajstić information content (AvgIpc) is 2.66. The van der Waals surface area contributed by atoms with Gasteiger partial charge in [0.25, 0.3) is 0 Å². The number of carbonyl (C=O) groups excluding carboxylic acids is 1. The van der Waals surface area contributed by atoms with E-state index in [0.717, 1.165) is 5.69 Å². The van der Waals surface area contributed by atoms with Crippen LogP contribution in [0.3, 0.4) is 0 Å². The molecule has 1 N–H and O–H groups in total. The number of rotatable bonds is 3. The highest BCUT2D eigenvalue weighted by Crippen LogP contribution is 2.07. The summed E-state index contributed by atoms with van der Waals surface area (Å²) in [4.78, 5) is 19.5. The first-order valence-corrected chi connectivity index (χ1v) is 4.85. The van der Waals surface area contributed by atoms with E-state index in [1.165, 1.54) is 6.39 Å². The van der Waals surface area contributed by atoms with Gasteiger partial charge in [-0.15, -0.1) is 0 Å². The van der Waals surface area contributed by atoms with Crippen molar-refractivity contribution in [2.75, 3.05) is 5.32 Å². The van der Waals surface area contributed by atoms with E-state index in [4.69, 9.17) is 4.42 Å². The first-order chi connectivity index (χ1) is 7.75. The fraction of sp³-hybridized carbons (Fsp3) is 0.182. The maximum atomic E-state index is 11.6. The third-order valence-electron chi connectivity index (χ3n) is 2.10. The first kappa shape index (κ1) is 10.4. The van der Waals surface area contributed by atoms with Gasteiger partial charge in [-0.3, -0.25) is 4.79 Å². The second-order valence-electron chi connectivity index (χ2n) is 3.30. The summed E-state index contributed by atoms with van der Waals surface area (Å²) in [5, 5.41) is 2.67. The summed E-state index contributed by atoms with van der Waals surface area (Å²) in [5.41, 5.74) is 0.733. The number of nitrogens with zero attached hydrogens (tertiary/aromatic N) is 2. The largest absolute Gasteiger partial charge is 0.448 e. The summed E-state index contributed by atoms with van der Waals surface area (Å²) in [6.07, 6.45) is 3.12. The van der Waals surface area contributed by atoms with Crippen molar-refractivity contribution in [1.82, 2.24) is 9.97 Å². The lowest BCUT2D eigenvalue weighted by molar-refractivity contribution is -0.115. The second kappa shape index (κ2) is 4.57. The highest BCUT2D eigenvalue weighted by molar-refractivity contribution is 5.91. The van der Waals surface area contributed by atoms with Crippen LogP contribution in [0, 0.1) is 6.92 Å². The van der Waals surface area contributed by atoms with Gasteiger partial charge < -0.3 is 9.73 Å². The summed E-state index contributed by atoms with van der Waals surface area (Å²) in [6, 6.07) is 5.32. The third kappa shape index (κ3) is 2.44. The second-order valence-corrected chi connectivity index (χ2v) is 3.30. The Morgan fingerprint density at radius 2 is 2.31 bits per heavy atom. The standard InChI is InChI=1S/C11H11N3O2/c1-8-9(16-7-13-8)6-11(15)14-10-4-2-3-5-12-10/h2-5,7H,6H2,1H3,(H,12,14,15). The van der Waals surface area contributed by atoms with Gasteiger partial charge >= 0.3 is 0 Å². The molecule has 0 spiro atoms. The molecule has 0 bridgehead atoms. The van der Waals surface area contributed by atoms with Crippen molar-refractivity contribution in [2.24, 2.45) is 0 Å². The van der Waals surface area contributed by atoms with Crippen LogP contribution >= 0.6 is 0 Å². The summed E-state index contributed by atoms with van der Waals surface area (Å²) in [5.74, 6) is 0.941. The molecular formula is C11H11N3O2. The molecule has 2 aromatic heterocycles. The van der Waals surface area contributed by atoms with Crippen LogP contribution in [0.4, 0.5) is 5.82 Å². The molecule has 0 unspecified atom stereocenters. The van der Waals surface area contributed by atoms with Gasteiger partial charge in [0, 0.05) is 6.20 Å². The van der Waals surface area contributed by atoms with Gasteiger partial charge in [0.05, 0.1) is 12.1 Å². The number of pyridine rings is 1. The molecule has 0 radical (unpaired) electrons. The highest BCUT2D eigenvalue weighted by atomic mass is 16.3. The molecule has 0 atom stereocenters. The lowest BCUT2D eigenvalue weighted by Gasteiger charge is -2.02. The lowest BCUT2D eigenvalue weighted by atomic mass is 10.2. The number of nitrogens with one attached hydrogen (secondary N) is 1. The predicted octanol–water partition coefficient (Wildman–Crippen LogP) is 1.56. The zero-order valence-electron chi connectivity index (χ0n) is 8.80. The van der Waals surface area contributed by atoms with Crippen molar-refractivity contribution in [3.05, 3.63) is 42.2 Å². The summed E-state index contributed by atoms with van der Waals surface area (Å²) >= 11 is 0. The van der Waals surface area contributed by atoms with E-state index in [-0.39, 0.29) is 12.3 Å². The molecular weight excluding hydrogens is 206 g/mol. The van der Waals surface area contributed by atoms with Crippen LogP contribution in [0.2, 0.25) is 0 Å². The van der Waals surface area contributed by atoms with Gasteiger partial charge in [-0.05, 0) is 19.1 Å². The van der Waals surface area contributed by atoms with Crippen LogP contribution < -0.4 is 5.32 Å². The molecule has 2 aromatic rings. The number of hydrogen-bond acceptors (Lipinski definition) is 4. The Morgan fingerprint density at radius 1 is 1.44 bits per heavy atom. The van der Waals surface area contributed by atoms with Crippen LogP contribution in [0.1, 0.15) is 11.5 Å². The Labute approximate surface area is 92.5 Å². The molecule has 2 heterocycles. The fourth-order valence-electron chi connectivity index (χ4n) is 1.27. The molecule has 0 aromatic carbocycles. The minimum Gasteiger partial charge on any atom is -0.448 e. The van der Waals surface area contributed by atoms with Crippen LogP contribution in [-0.2, 0) is 11.2 Å². The van der Waals surface area contributed by atoms with Crippen LogP contribution in [0.25, 0.3) is 0 Å². The average molecular weight is 217 g/mol. The van der Waals surface area contributed by atoms with Crippen LogP contribution in [-0.4, -0.2) is 15.9 Å². The first-order valence-electron chi connectivity index (χ1n) is 4.85. The Kier molecular flexibility index (Phi) is 2.95. The minimum atomic E-state index is -0.168. The number of hydrogen-bond donors (Lipinski definition) is 1. The summed E-state index contributed by atoms with van der Waals surface area (Å²) < 4.78 is 5.08. The quantitative estimate of drug-likeness (QED) is 0.847. The molecule has 16 heavy (non-hydrogen) atoms. The fourth-order valence-corrected chi connectivity index (χ4v) is 1.27. The van der Waals surface area contributed by atoms with Crippen molar-refractivity contribution >= 4 is 11.7 Å². The van der Waals surface area contributed by atoms with Gasteiger partial charge in [0.2, 0.25) is 5.91 Å². The van der Waals surface area contributed by atoms with E-state index in [2.05, 4.69) is 15.3 Å². The number of aryl methyl sites for hydroxylation is 1. The third-order valence-corrected chi connectivity index (χ3v) is 2.10. The minimum absolute atomic E-state index is 0.168. The maximum absolute atomic E-state index is 11.6. The molecule has 0 saturated heterocycles. The van der Waals surface area contributed by atoms with Gasteiger partial charge in [0.1, 0.15) is 11.6 Å². The molecule has 5 heteroatoms. The lowest BCUT2D eigenvalue weighted by Crippen LogP contribution is -2.15. The molecule has 0 aliphatic rings. The van der Waals surface area contributed by atoms with Gasteiger partial charge in [0.15, 0.2) is 6.39 Å². The Bertz CT molecular complexity index is 479. The molecule has 1 amide bonds. The van der Waals surface area contributed by atoms with Crippen LogP contribution in [0.15, 0.2) is 35.2 Å². The zero-order chi connectivity index (χ0) is 11.4. The summed E-state index contributed by atoms with van der Waals surface area (Å²) in [7, 11) is 0. The van der Waals surface area contributed by atoms with E-state index >= 15 is 0 Å². The summed E-state index contributed by atoms with van der Waals surface area (Å²) in [6.45, 7) is 1.80. The number of amides is 1. The predicted molar refractivity (Wildman–Crippen MR) is 57.8 cm³/mol. The van der Waals surface area contributed by atoms with Crippen molar-refractivity contribution in [3.8, 4) is 0 Å². The van der Waals surface area contributed by atoms with E-state index < -0.39 is 0 Å². The maximum Gasteiger partial charge on any atom is 0.233 e. The van der Waals surface area contributed by atoms with Gasteiger partial charge in [-0.1, -0.05) is 6.07 Å². The van der Waals surface area contributed by atoms with Crippen molar-refractivity contribution < 1.29 is 9.21 Å². The number of aromatic nitrogens is 2. The number of carbonyl (C=O) groups is 1. The van der Waals surface area contributed by atoms with E-state index in [0.29, 0.717) is 11.6 Å². The topological polar surface area (TPSA) is 68.0 Å². The molecule has 0 aliphatic heterocycles. The normalized spacial score (nSPS) is 10.1. The van der Waals surface area contributed by atoms with Crippen molar-refractivity contribution in [2.45, 2.75) is 13.3 Å². The zero-order valence-corrected chi connectivity index (χ0v) is 8.80. The molecule has 0 aliphatic carbocycles. The van der Waals surface area contributed by atoms with Crippen molar-refractivity contribution in [3.63, 3.8) is 0 Å². The Morgan fingerprint density at radius 3 is 2.94 bits per heavy atom. The highest BCUT2D eigenvalue weighted by Gasteiger charge is 2.10. The van der Waals surface area contributed by atoms with Crippen molar-refractivity contribution in [1.29, 1.82) is 0 Å². The monoisotopic (exact) mass is 217 g/mol.